The molecule has 4 bridgehead atoms. The van der Waals surface area contributed by atoms with Crippen LogP contribution in [0.1, 0.15) is 45.4 Å². The molecule has 1 N–H and O–H groups in total. The number of carbonyl (C=O) groups is 1. The van der Waals surface area contributed by atoms with E-state index < -0.39 is 0 Å². The number of amides is 1. The maximum absolute atomic E-state index is 12.6. The van der Waals surface area contributed by atoms with Crippen LogP contribution in [0.15, 0.2) is 18.2 Å². The third kappa shape index (κ3) is 2.78. The predicted molar refractivity (Wildman–Crippen MR) is 94.9 cm³/mol. The highest BCUT2D eigenvalue weighted by Crippen LogP contribution is 2.63. The molecule has 0 aliphatic heterocycles. The number of halogens is 2. The molecule has 4 saturated carbocycles. The summed E-state index contributed by atoms with van der Waals surface area (Å²) in [6.07, 6.45) is 7.38. The van der Waals surface area contributed by atoms with Crippen LogP contribution in [0.5, 0.6) is 0 Å². The van der Waals surface area contributed by atoms with Crippen LogP contribution in [0.3, 0.4) is 0 Å². The SMILES string of the molecule is CC1(CC(=O)Nc2ccc(Cl)cc2Cl)C2CC3CC(C2)CC1C3. The molecule has 0 spiro atoms. The van der Waals surface area contributed by atoms with E-state index in [0.29, 0.717) is 22.2 Å². The summed E-state index contributed by atoms with van der Waals surface area (Å²) < 4.78 is 0. The summed E-state index contributed by atoms with van der Waals surface area (Å²) in [5, 5.41) is 4.08. The van der Waals surface area contributed by atoms with Gasteiger partial charge in [-0.3, -0.25) is 4.79 Å². The molecule has 1 aromatic carbocycles. The van der Waals surface area contributed by atoms with Crippen molar-refractivity contribution in [3.63, 3.8) is 0 Å². The van der Waals surface area contributed by atoms with Crippen LogP contribution in [0.25, 0.3) is 0 Å². The van der Waals surface area contributed by atoms with E-state index in [0.717, 1.165) is 23.7 Å². The lowest BCUT2D eigenvalue weighted by Gasteiger charge is -2.60. The van der Waals surface area contributed by atoms with E-state index in [-0.39, 0.29) is 11.3 Å². The van der Waals surface area contributed by atoms with Crippen LogP contribution in [-0.2, 0) is 4.79 Å². The van der Waals surface area contributed by atoms with Gasteiger partial charge in [0.2, 0.25) is 5.91 Å². The average Bonchev–Trinajstić information content (AvgIpc) is 2.47. The molecule has 0 saturated heterocycles. The molecule has 0 heterocycles. The summed E-state index contributed by atoms with van der Waals surface area (Å²) in [6, 6.07) is 5.21. The first kappa shape index (κ1) is 15.8. The van der Waals surface area contributed by atoms with Crippen molar-refractivity contribution in [1.82, 2.24) is 0 Å². The van der Waals surface area contributed by atoms with Crippen molar-refractivity contribution in [1.29, 1.82) is 0 Å². The Labute approximate surface area is 147 Å². The number of rotatable bonds is 3. The minimum absolute atomic E-state index is 0.0872. The smallest absolute Gasteiger partial charge is 0.224 e. The fourth-order valence-electron chi connectivity index (χ4n) is 5.68. The Balaban J connectivity index is 1.48. The largest absolute Gasteiger partial charge is 0.325 e. The molecule has 0 unspecified atom stereocenters. The van der Waals surface area contributed by atoms with Crippen molar-refractivity contribution < 1.29 is 4.79 Å². The summed E-state index contributed by atoms with van der Waals surface area (Å²) in [5.41, 5.74) is 0.824. The van der Waals surface area contributed by atoms with Gasteiger partial charge in [-0.2, -0.15) is 0 Å². The molecule has 4 fully saturated rings. The number of benzene rings is 1. The first-order chi connectivity index (χ1) is 10.9. The molecule has 2 nitrogen and oxygen atoms in total. The standard InChI is InChI=1S/C19H23Cl2NO/c1-19(13-5-11-4-12(7-13)8-14(19)6-11)10-18(23)22-17-3-2-15(20)9-16(17)21/h2-3,9,11-14H,4-8,10H2,1H3,(H,22,23). The normalized spacial score (nSPS) is 37.9. The van der Waals surface area contributed by atoms with Gasteiger partial charge in [0.05, 0.1) is 10.7 Å². The van der Waals surface area contributed by atoms with Gasteiger partial charge in [-0.1, -0.05) is 30.1 Å². The first-order valence-corrected chi connectivity index (χ1v) is 9.44. The molecular formula is C19H23Cl2NO. The zero-order valence-electron chi connectivity index (χ0n) is 13.4. The van der Waals surface area contributed by atoms with Gasteiger partial charge in [0.25, 0.3) is 0 Å². The highest BCUT2D eigenvalue weighted by Gasteiger charge is 2.55. The Kier molecular flexibility index (Phi) is 3.89. The predicted octanol–water partition coefficient (Wildman–Crippen LogP) is 5.78. The molecule has 4 aliphatic rings. The molecule has 0 atom stereocenters. The summed E-state index contributed by atoms with van der Waals surface area (Å²) in [7, 11) is 0. The molecule has 1 amide bonds. The van der Waals surface area contributed by atoms with E-state index >= 15 is 0 Å². The van der Waals surface area contributed by atoms with Crippen LogP contribution < -0.4 is 5.32 Å². The third-order valence-corrected chi connectivity index (χ3v) is 7.30. The number of hydrogen-bond donors (Lipinski definition) is 1. The minimum Gasteiger partial charge on any atom is -0.325 e. The van der Waals surface area contributed by atoms with Crippen LogP contribution in [0.2, 0.25) is 10.0 Å². The van der Waals surface area contributed by atoms with E-state index in [2.05, 4.69) is 12.2 Å². The molecule has 5 rings (SSSR count). The zero-order valence-corrected chi connectivity index (χ0v) is 15.0. The van der Waals surface area contributed by atoms with Gasteiger partial charge in [-0.05, 0) is 79.4 Å². The summed E-state index contributed by atoms with van der Waals surface area (Å²) in [6.45, 7) is 2.35. The topological polar surface area (TPSA) is 29.1 Å². The lowest BCUT2D eigenvalue weighted by atomic mass is 9.45. The number of carbonyl (C=O) groups excluding carboxylic acids is 1. The fourth-order valence-corrected chi connectivity index (χ4v) is 6.14. The number of hydrogen-bond acceptors (Lipinski definition) is 1. The van der Waals surface area contributed by atoms with Crippen LogP contribution in [-0.4, -0.2) is 5.91 Å². The van der Waals surface area contributed by atoms with Gasteiger partial charge in [0.1, 0.15) is 0 Å². The molecule has 23 heavy (non-hydrogen) atoms. The lowest BCUT2D eigenvalue weighted by Crippen LogP contribution is -2.52. The molecule has 0 aromatic heterocycles. The van der Waals surface area contributed by atoms with E-state index in [4.69, 9.17) is 23.2 Å². The van der Waals surface area contributed by atoms with Crippen molar-refractivity contribution in [3.05, 3.63) is 28.2 Å². The first-order valence-electron chi connectivity index (χ1n) is 8.69. The van der Waals surface area contributed by atoms with E-state index in [1.165, 1.54) is 32.1 Å². The number of nitrogens with one attached hydrogen (secondary N) is 1. The molecule has 124 valence electrons. The Hall–Kier alpha value is -0.730. The van der Waals surface area contributed by atoms with Gasteiger partial charge in [0, 0.05) is 11.4 Å². The van der Waals surface area contributed by atoms with Gasteiger partial charge in [0.15, 0.2) is 0 Å². The summed E-state index contributed by atoms with van der Waals surface area (Å²) >= 11 is 12.1. The summed E-state index contributed by atoms with van der Waals surface area (Å²) in [4.78, 5) is 12.6. The average molecular weight is 352 g/mol. The second-order valence-corrected chi connectivity index (χ2v) is 9.00. The Morgan fingerprint density at radius 2 is 1.74 bits per heavy atom. The van der Waals surface area contributed by atoms with Gasteiger partial charge in [-0.25, -0.2) is 0 Å². The van der Waals surface area contributed by atoms with Crippen molar-refractivity contribution in [3.8, 4) is 0 Å². The van der Waals surface area contributed by atoms with Crippen LogP contribution >= 0.6 is 23.2 Å². The lowest BCUT2D eigenvalue weighted by molar-refractivity contribution is -0.133. The second-order valence-electron chi connectivity index (χ2n) is 8.16. The van der Waals surface area contributed by atoms with E-state index in [1.54, 1.807) is 18.2 Å². The zero-order chi connectivity index (χ0) is 16.2. The molecule has 4 heteroatoms. The monoisotopic (exact) mass is 351 g/mol. The highest BCUT2D eigenvalue weighted by molar-refractivity contribution is 6.36. The summed E-state index contributed by atoms with van der Waals surface area (Å²) in [5.74, 6) is 3.40. The van der Waals surface area contributed by atoms with Gasteiger partial charge >= 0.3 is 0 Å². The van der Waals surface area contributed by atoms with Crippen molar-refractivity contribution in [2.45, 2.75) is 45.4 Å². The minimum atomic E-state index is 0.0872. The molecule has 4 aliphatic carbocycles. The van der Waals surface area contributed by atoms with Crippen molar-refractivity contribution >= 4 is 34.8 Å². The molecule has 0 radical (unpaired) electrons. The number of anilines is 1. The van der Waals surface area contributed by atoms with Gasteiger partial charge in [-0.15, -0.1) is 0 Å². The highest BCUT2D eigenvalue weighted by atomic mass is 35.5. The maximum atomic E-state index is 12.6. The van der Waals surface area contributed by atoms with E-state index in [9.17, 15) is 4.79 Å². The Morgan fingerprint density at radius 3 is 2.30 bits per heavy atom. The van der Waals surface area contributed by atoms with Crippen molar-refractivity contribution in [2.24, 2.45) is 29.1 Å². The van der Waals surface area contributed by atoms with Crippen molar-refractivity contribution in [2.75, 3.05) is 5.32 Å². The van der Waals surface area contributed by atoms with Gasteiger partial charge < -0.3 is 5.32 Å². The Morgan fingerprint density at radius 1 is 1.13 bits per heavy atom. The quantitative estimate of drug-likeness (QED) is 0.733. The third-order valence-electron chi connectivity index (χ3n) is 6.75. The van der Waals surface area contributed by atoms with Crippen LogP contribution in [0.4, 0.5) is 5.69 Å². The second kappa shape index (κ2) is 5.67. The fraction of sp³-hybridized carbons (Fsp3) is 0.632. The Bertz CT molecular complexity index is 614. The maximum Gasteiger partial charge on any atom is 0.224 e. The molecular weight excluding hydrogens is 329 g/mol. The van der Waals surface area contributed by atoms with E-state index in [1.807, 2.05) is 0 Å². The molecule has 1 aromatic rings. The van der Waals surface area contributed by atoms with Crippen LogP contribution in [0, 0.1) is 29.1 Å².